The van der Waals surface area contributed by atoms with Gasteiger partial charge in [0.05, 0.1) is 5.56 Å². The average Bonchev–Trinajstić information content (AvgIpc) is 2.77. The first-order valence-corrected chi connectivity index (χ1v) is 8.67. The van der Waals surface area contributed by atoms with Crippen molar-refractivity contribution in [2.45, 2.75) is 31.2 Å². The second-order valence-corrected chi connectivity index (χ2v) is 7.92. The summed E-state index contributed by atoms with van der Waals surface area (Å²) in [6.45, 7) is 6.06. The minimum Gasteiger partial charge on any atom is -0.606 e. The van der Waals surface area contributed by atoms with Gasteiger partial charge in [-0.15, -0.1) is 0 Å². The van der Waals surface area contributed by atoms with E-state index in [-0.39, 0.29) is 11.3 Å². The molecule has 1 unspecified atom stereocenters. The predicted octanol–water partition coefficient (Wildman–Crippen LogP) is 3.75. The summed E-state index contributed by atoms with van der Waals surface area (Å²) < 4.78 is 12.9. The standard InChI is InChI=1S/C19H19NO2S/c1-19(2,3)20-16(13-9-5-4-6-10-13)18-17(21)14-11-7-8-12-15(14)23(18)22/h4-12,20H,1-3H3/b18-16+. The zero-order chi connectivity index (χ0) is 16.6. The molecule has 0 amide bonds. The van der Waals surface area contributed by atoms with Gasteiger partial charge in [0.1, 0.15) is 5.70 Å². The summed E-state index contributed by atoms with van der Waals surface area (Å²) in [6.07, 6.45) is 0. The summed E-state index contributed by atoms with van der Waals surface area (Å²) in [5.41, 5.74) is 1.80. The fourth-order valence-corrected chi connectivity index (χ4v) is 3.99. The number of hydrogen-bond acceptors (Lipinski definition) is 3. The quantitative estimate of drug-likeness (QED) is 0.676. The Kier molecular flexibility index (Phi) is 4.04. The molecule has 0 saturated carbocycles. The van der Waals surface area contributed by atoms with Gasteiger partial charge < -0.3 is 9.87 Å². The summed E-state index contributed by atoms with van der Waals surface area (Å²) in [7, 11) is 0. The molecule has 0 aliphatic carbocycles. The number of fused-ring (bicyclic) bond motifs is 1. The summed E-state index contributed by atoms with van der Waals surface area (Å²) in [6, 6.07) is 16.7. The highest BCUT2D eigenvalue weighted by Crippen LogP contribution is 2.37. The van der Waals surface area contributed by atoms with Gasteiger partial charge in [-0.1, -0.05) is 42.5 Å². The van der Waals surface area contributed by atoms with Crippen molar-refractivity contribution in [2.75, 3.05) is 0 Å². The molecule has 3 nitrogen and oxygen atoms in total. The molecule has 4 heteroatoms. The number of nitrogens with one attached hydrogen (secondary N) is 1. The van der Waals surface area contributed by atoms with Gasteiger partial charge in [0, 0.05) is 22.3 Å². The lowest BCUT2D eigenvalue weighted by atomic mass is 10.0. The van der Waals surface area contributed by atoms with Crippen LogP contribution in [-0.4, -0.2) is 15.9 Å². The van der Waals surface area contributed by atoms with Gasteiger partial charge >= 0.3 is 0 Å². The van der Waals surface area contributed by atoms with E-state index in [4.69, 9.17) is 0 Å². The van der Waals surface area contributed by atoms with Crippen LogP contribution in [0.15, 0.2) is 64.4 Å². The average molecular weight is 325 g/mol. The number of carbonyl (C=O) groups is 1. The topological polar surface area (TPSA) is 52.2 Å². The van der Waals surface area contributed by atoms with Crippen LogP contribution in [0.1, 0.15) is 36.7 Å². The summed E-state index contributed by atoms with van der Waals surface area (Å²) in [5, 5.41) is 3.38. The van der Waals surface area contributed by atoms with Crippen LogP contribution in [0.4, 0.5) is 0 Å². The Labute approximate surface area is 139 Å². The maximum atomic E-state index is 12.9. The monoisotopic (exact) mass is 325 g/mol. The van der Waals surface area contributed by atoms with E-state index in [0.29, 0.717) is 21.1 Å². The Hall–Kier alpha value is -2.04. The van der Waals surface area contributed by atoms with Crippen molar-refractivity contribution in [1.82, 2.24) is 5.32 Å². The van der Waals surface area contributed by atoms with Crippen LogP contribution in [-0.2, 0) is 11.2 Å². The van der Waals surface area contributed by atoms with Crippen molar-refractivity contribution in [2.24, 2.45) is 0 Å². The number of Topliss-reactive ketones (excluding diaryl/α,β-unsaturated/α-hetero) is 1. The third kappa shape index (κ3) is 3.05. The molecule has 118 valence electrons. The molecule has 23 heavy (non-hydrogen) atoms. The van der Waals surface area contributed by atoms with Crippen LogP contribution < -0.4 is 5.32 Å². The molecule has 1 heterocycles. The third-order valence-electron chi connectivity index (χ3n) is 3.51. The predicted molar refractivity (Wildman–Crippen MR) is 93.4 cm³/mol. The molecule has 1 atom stereocenters. The number of ketones is 1. The van der Waals surface area contributed by atoms with Crippen LogP contribution in [0.2, 0.25) is 0 Å². The van der Waals surface area contributed by atoms with Gasteiger partial charge in [0.25, 0.3) is 0 Å². The lowest BCUT2D eigenvalue weighted by Crippen LogP contribution is -2.36. The Morgan fingerprint density at radius 1 is 1.00 bits per heavy atom. The largest absolute Gasteiger partial charge is 0.606 e. The van der Waals surface area contributed by atoms with E-state index in [1.165, 1.54) is 0 Å². The Balaban J connectivity index is 2.20. The van der Waals surface area contributed by atoms with Crippen LogP contribution in [0.5, 0.6) is 0 Å². The van der Waals surface area contributed by atoms with Crippen LogP contribution >= 0.6 is 0 Å². The Morgan fingerprint density at radius 2 is 1.61 bits per heavy atom. The van der Waals surface area contributed by atoms with E-state index in [0.717, 1.165) is 5.56 Å². The zero-order valence-electron chi connectivity index (χ0n) is 13.4. The minimum atomic E-state index is -1.46. The van der Waals surface area contributed by atoms with Gasteiger partial charge in [-0.25, -0.2) is 0 Å². The van der Waals surface area contributed by atoms with Gasteiger partial charge in [0.2, 0.25) is 10.7 Å². The van der Waals surface area contributed by atoms with Crippen molar-refractivity contribution < 1.29 is 9.35 Å². The van der Waals surface area contributed by atoms with Crippen molar-refractivity contribution in [3.63, 3.8) is 0 Å². The molecule has 0 radical (unpaired) electrons. The first kappa shape index (κ1) is 15.8. The molecular weight excluding hydrogens is 306 g/mol. The van der Waals surface area contributed by atoms with E-state index in [1.54, 1.807) is 18.2 Å². The highest BCUT2D eigenvalue weighted by Gasteiger charge is 2.42. The zero-order valence-corrected chi connectivity index (χ0v) is 14.2. The van der Waals surface area contributed by atoms with Gasteiger partial charge in [-0.2, -0.15) is 0 Å². The number of carbonyl (C=O) groups excluding carboxylic acids is 1. The molecular formula is C19H19NO2S. The van der Waals surface area contributed by atoms with Gasteiger partial charge in [-0.05, 0) is 32.9 Å². The van der Waals surface area contributed by atoms with E-state index >= 15 is 0 Å². The first-order valence-electron chi connectivity index (χ1n) is 7.52. The van der Waals surface area contributed by atoms with E-state index in [9.17, 15) is 9.35 Å². The first-order chi connectivity index (χ1) is 10.9. The highest BCUT2D eigenvalue weighted by molar-refractivity contribution is 7.97. The number of hydrogen-bond donors (Lipinski definition) is 1. The molecule has 0 saturated heterocycles. The van der Waals surface area contributed by atoms with Crippen molar-refractivity contribution in [3.8, 4) is 0 Å². The van der Waals surface area contributed by atoms with Crippen molar-refractivity contribution in [1.29, 1.82) is 0 Å². The van der Waals surface area contributed by atoms with Crippen LogP contribution in [0.3, 0.4) is 0 Å². The maximum Gasteiger partial charge on any atom is 0.248 e. The Morgan fingerprint density at radius 3 is 2.22 bits per heavy atom. The highest BCUT2D eigenvalue weighted by atomic mass is 32.2. The summed E-state index contributed by atoms with van der Waals surface area (Å²) in [4.78, 5) is 13.8. The van der Waals surface area contributed by atoms with E-state index in [2.05, 4.69) is 5.32 Å². The summed E-state index contributed by atoms with van der Waals surface area (Å²) >= 11 is -1.46. The molecule has 0 aromatic heterocycles. The molecule has 1 aliphatic heterocycles. The molecule has 3 rings (SSSR count). The molecule has 2 aromatic rings. The number of rotatable bonds is 2. The molecule has 0 fully saturated rings. The van der Waals surface area contributed by atoms with Crippen molar-refractivity contribution in [3.05, 3.63) is 70.6 Å². The molecule has 2 aromatic carbocycles. The second kappa shape index (κ2) is 5.87. The van der Waals surface area contributed by atoms with Crippen molar-refractivity contribution >= 4 is 22.7 Å². The molecule has 0 spiro atoms. The third-order valence-corrected chi connectivity index (χ3v) is 5.03. The Bertz CT molecular complexity index is 775. The lowest BCUT2D eigenvalue weighted by Gasteiger charge is -2.25. The normalized spacial score (nSPS) is 19.5. The van der Waals surface area contributed by atoms with Crippen LogP contribution in [0, 0.1) is 0 Å². The van der Waals surface area contributed by atoms with E-state index < -0.39 is 11.2 Å². The fourth-order valence-electron chi connectivity index (χ4n) is 2.58. The minimum absolute atomic E-state index is 0.158. The smallest absolute Gasteiger partial charge is 0.248 e. The van der Waals surface area contributed by atoms with E-state index in [1.807, 2.05) is 57.2 Å². The molecule has 1 N–H and O–H groups in total. The number of allylic oxidation sites excluding steroid dienone is 1. The lowest BCUT2D eigenvalue weighted by molar-refractivity contribution is 0.104. The molecule has 0 bridgehead atoms. The maximum absolute atomic E-state index is 12.9. The van der Waals surface area contributed by atoms with Crippen LogP contribution in [0.25, 0.3) is 5.70 Å². The SMILES string of the molecule is CC(C)(C)N/C(=C1\C(=O)c2ccccc2[S+]1[O-])c1ccccc1. The van der Waals surface area contributed by atoms with Gasteiger partial charge in [-0.3, -0.25) is 4.79 Å². The second-order valence-electron chi connectivity index (χ2n) is 6.54. The fraction of sp³-hybridized carbons (Fsp3) is 0.211. The summed E-state index contributed by atoms with van der Waals surface area (Å²) in [5.74, 6) is -0.158. The number of benzene rings is 2. The molecule has 1 aliphatic rings. The van der Waals surface area contributed by atoms with Gasteiger partial charge in [0.15, 0.2) is 4.90 Å².